The van der Waals surface area contributed by atoms with Gasteiger partial charge in [-0.1, -0.05) is 30.3 Å². The minimum absolute atomic E-state index is 0.0303. The highest BCUT2D eigenvalue weighted by atomic mass is 16.6. The van der Waals surface area contributed by atoms with Crippen LogP contribution in [0.1, 0.15) is 24.9 Å². The number of benzene rings is 1. The van der Waals surface area contributed by atoms with Crippen LogP contribution in [-0.2, 0) is 4.74 Å². The first-order chi connectivity index (χ1) is 8.24. The summed E-state index contributed by atoms with van der Waals surface area (Å²) in [6.07, 6.45) is 0.544. The predicted molar refractivity (Wildman–Crippen MR) is 65.5 cm³/mol. The van der Waals surface area contributed by atoms with Crippen molar-refractivity contribution in [3.05, 3.63) is 35.9 Å². The number of amides is 1. The number of nitrogens with zero attached hydrogens (tertiary/aromatic N) is 1. The number of cyclic esters (lactones) is 1. The van der Waals surface area contributed by atoms with Crippen LogP contribution in [0.15, 0.2) is 30.3 Å². The van der Waals surface area contributed by atoms with Crippen molar-refractivity contribution in [2.45, 2.75) is 25.4 Å². The normalized spacial score (nSPS) is 21.4. The predicted octanol–water partition coefficient (Wildman–Crippen LogP) is 1.92. The Morgan fingerprint density at radius 1 is 1.47 bits per heavy atom. The van der Waals surface area contributed by atoms with Crippen LogP contribution >= 0.6 is 0 Å². The smallest absolute Gasteiger partial charge is 0.410 e. The van der Waals surface area contributed by atoms with E-state index in [-0.39, 0.29) is 18.2 Å². The molecular weight excluding hydrogens is 216 g/mol. The molecule has 2 rings (SSSR count). The molecule has 2 N–H and O–H groups in total. The van der Waals surface area contributed by atoms with Gasteiger partial charge in [-0.15, -0.1) is 0 Å². The Hall–Kier alpha value is -1.55. The molecule has 1 fully saturated rings. The van der Waals surface area contributed by atoms with Crippen molar-refractivity contribution in [3.8, 4) is 0 Å². The molecule has 4 heteroatoms. The summed E-state index contributed by atoms with van der Waals surface area (Å²) in [4.78, 5) is 13.5. The van der Waals surface area contributed by atoms with E-state index in [2.05, 4.69) is 0 Å². The van der Waals surface area contributed by atoms with E-state index in [1.54, 1.807) is 4.90 Å². The third kappa shape index (κ3) is 2.42. The Balaban J connectivity index is 2.16. The second kappa shape index (κ2) is 5.19. The van der Waals surface area contributed by atoms with Gasteiger partial charge in [-0.25, -0.2) is 4.79 Å². The van der Waals surface area contributed by atoms with E-state index in [1.807, 2.05) is 37.3 Å². The van der Waals surface area contributed by atoms with Crippen molar-refractivity contribution in [2.24, 2.45) is 5.73 Å². The summed E-state index contributed by atoms with van der Waals surface area (Å²) in [6, 6.07) is 10.1. The Labute approximate surface area is 101 Å². The number of carbonyl (C=O) groups is 1. The van der Waals surface area contributed by atoms with Gasteiger partial charge in [0.1, 0.15) is 6.61 Å². The van der Waals surface area contributed by atoms with Crippen LogP contribution in [0.4, 0.5) is 4.79 Å². The third-order valence-electron chi connectivity index (χ3n) is 3.20. The third-order valence-corrected chi connectivity index (χ3v) is 3.20. The van der Waals surface area contributed by atoms with Gasteiger partial charge in [0.25, 0.3) is 0 Å². The zero-order valence-corrected chi connectivity index (χ0v) is 10.0. The van der Waals surface area contributed by atoms with Gasteiger partial charge < -0.3 is 10.5 Å². The highest BCUT2D eigenvalue weighted by Crippen LogP contribution is 2.28. The molecule has 92 valence electrons. The molecule has 4 nitrogen and oxygen atoms in total. The summed E-state index contributed by atoms with van der Waals surface area (Å²) in [6.45, 7) is 3.04. The average molecular weight is 234 g/mol. The van der Waals surface area contributed by atoms with E-state index >= 15 is 0 Å². The van der Waals surface area contributed by atoms with Gasteiger partial charge in [-0.05, 0) is 25.5 Å². The topological polar surface area (TPSA) is 55.6 Å². The maximum absolute atomic E-state index is 11.7. The molecule has 0 aliphatic carbocycles. The molecule has 0 bridgehead atoms. The SMILES string of the molecule is CC(c1ccccc1)N1C(=O)OCC1CCN. The molecule has 17 heavy (non-hydrogen) atoms. The second-order valence-corrected chi connectivity index (χ2v) is 4.30. The fourth-order valence-corrected chi connectivity index (χ4v) is 2.25. The van der Waals surface area contributed by atoms with Crippen LogP contribution in [0, 0.1) is 0 Å². The minimum atomic E-state index is -0.236. The van der Waals surface area contributed by atoms with Crippen molar-refractivity contribution in [3.63, 3.8) is 0 Å². The highest BCUT2D eigenvalue weighted by Gasteiger charge is 2.36. The number of rotatable bonds is 4. The molecule has 0 spiro atoms. The van der Waals surface area contributed by atoms with E-state index in [1.165, 1.54) is 0 Å². The Kier molecular flexibility index (Phi) is 3.64. The zero-order chi connectivity index (χ0) is 12.3. The molecule has 2 atom stereocenters. The van der Waals surface area contributed by atoms with Gasteiger partial charge in [-0.2, -0.15) is 0 Å². The lowest BCUT2D eigenvalue weighted by atomic mass is 10.0. The van der Waals surface area contributed by atoms with Gasteiger partial charge in [0.2, 0.25) is 0 Å². The van der Waals surface area contributed by atoms with Crippen molar-refractivity contribution in [2.75, 3.05) is 13.2 Å². The summed E-state index contributed by atoms with van der Waals surface area (Å²) in [5.74, 6) is 0. The molecule has 1 saturated heterocycles. The Morgan fingerprint density at radius 3 is 2.82 bits per heavy atom. The molecule has 0 aromatic heterocycles. The molecule has 1 amide bonds. The van der Waals surface area contributed by atoms with E-state index in [0.717, 1.165) is 12.0 Å². The summed E-state index contributed by atoms with van der Waals surface area (Å²) < 4.78 is 5.10. The molecule has 1 aromatic carbocycles. The van der Waals surface area contributed by atoms with E-state index in [0.29, 0.717) is 13.2 Å². The summed E-state index contributed by atoms with van der Waals surface area (Å²) in [7, 11) is 0. The largest absolute Gasteiger partial charge is 0.447 e. The average Bonchev–Trinajstić information content (AvgIpc) is 2.71. The van der Waals surface area contributed by atoms with E-state index in [4.69, 9.17) is 10.5 Å². The van der Waals surface area contributed by atoms with Crippen LogP contribution in [0.25, 0.3) is 0 Å². The van der Waals surface area contributed by atoms with Crippen molar-refractivity contribution in [1.29, 1.82) is 0 Å². The maximum Gasteiger partial charge on any atom is 0.410 e. The summed E-state index contributed by atoms with van der Waals surface area (Å²) in [5, 5.41) is 0. The van der Waals surface area contributed by atoms with E-state index < -0.39 is 0 Å². The number of ether oxygens (including phenoxy) is 1. The van der Waals surface area contributed by atoms with Gasteiger partial charge >= 0.3 is 6.09 Å². The monoisotopic (exact) mass is 234 g/mol. The van der Waals surface area contributed by atoms with Crippen molar-refractivity contribution < 1.29 is 9.53 Å². The molecule has 2 unspecified atom stereocenters. The number of hydrogen-bond donors (Lipinski definition) is 1. The Bertz CT molecular complexity index is 380. The lowest BCUT2D eigenvalue weighted by Gasteiger charge is -2.28. The van der Waals surface area contributed by atoms with Crippen LogP contribution in [-0.4, -0.2) is 30.2 Å². The van der Waals surface area contributed by atoms with Crippen LogP contribution in [0.5, 0.6) is 0 Å². The van der Waals surface area contributed by atoms with Crippen LogP contribution in [0.2, 0.25) is 0 Å². The summed E-state index contributed by atoms with van der Waals surface area (Å²) >= 11 is 0. The van der Waals surface area contributed by atoms with Gasteiger partial charge in [-0.3, -0.25) is 4.90 Å². The summed E-state index contributed by atoms with van der Waals surface area (Å²) in [5.41, 5.74) is 6.68. The maximum atomic E-state index is 11.7. The number of hydrogen-bond acceptors (Lipinski definition) is 3. The first kappa shape index (κ1) is 11.9. The molecule has 1 aliphatic heterocycles. The number of nitrogens with two attached hydrogens (primary N) is 1. The second-order valence-electron chi connectivity index (χ2n) is 4.30. The molecule has 1 aliphatic rings. The first-order valence-electron chi connectivity index (χ1n) is 5.94. The first-order valence-corrected chi connectivity index (χ1v) is 5.94. The zero-order valence-electron chi connectivity index (χ0n) is 10.0. The van der Waals surface area contributed by atoms with Crippen molar-refractivity contribution in [1.82, 2.24) is 4.90 Å². The molecule has 0 radical (unpaired) electrons. The highest BCUT2D eigenvalue weighted by molar-refractivity contribution is 5.70. The number of carbonyl (C=O) groups excluding carboxylic acids is 1. The molecule has 1 aromatic rings. The fourth-order valence-electron chi connectivity index (χ4n) is 2.25. The molecular formula is C13H18N2O2. The lowest BCUT2D eigenvalue weighted by molar-refractivity contribution is 0.146. The van der Waals surface area contributed by atoms with Gasteiger partial charge in [0.15, 0.2) is 0 Å². The van der Waals surface area contributed by atoms with Crippen LogP contribution in [0.3, 0.4) is 0 Å². The van der Waals surface area contributed by atoms with E-state index in [9.17, 15) is 4.79 Å². The lowest BCUT2D eigenvalue weighted by Crippen LogP contribution is -2.37. The molecule has 0 saturated carbocycles. The molecule has 1 heterocycles. The van der Waals surface area contributed by atoms with Gasteiger partial charge in [0.05, 0.1) is 12.1 Å². The quantitative estimate of drug-likeness (QED) is 0.865. The van der Waals surface area contributed by atoms with Gasteiger partial charge in [0, 0.05) is 0 Å². The standard InChI is InChI=1S/C13H18N2O2/c1-10(11-5-3-2-4-6-11)15-12(7-8-14)9-17-13(15)16/h2-6,10,12H,7-9,14H2,1H3. The Morgan fingerprint density at radius 2 is 2.18 bits per heavy atom. The fraction of sp³-hybridized carbons (Fsp3) is 0.462. The van der Waals surface area contributed by atoms with Crippen LogP contribution < -0.4 is 5.73 Å². The van der Waals surface area contributed by atoms with Crippen molar-refractivity contribution >= 4 is 6.09 Å². The minimum Gasteiger partial charge on any atom is -0.447 e.